The molecule has 6 aromatic carbocycles. The minimum atomic E-state index is 0.269. The molecule has 0 spiro atoms. The van der Waals surface area contributed by atoms with Crippen LogP contribution >= 0.6 is 0 Å². The van der Waals surface area contributed by atoms with Crippen molar-refractivity contribution in [1.29, 1.82) is 0 Å². The molecule has 2 atom stereocenters. The first-order valence-electron chi connectivity index (χ1n) is 17.1. The van der Waals surface area contributed by atoms with E-state index in [1.54, 1.807) is 0 Å². The van der Waals surface area contributed by atoms with Gasteiger partial charge in [-0.3, -0.25) is 4.57 Å². The Labute approximate surface area is 281 Å². The highest BCUT2D eigenvalue weighted by molar-refractivity contribution is 6.16. The Morgan fingerprint density at radius 2 is 1.35 bits per heavy atom. The summed E-state index contributed by atoms with van der Waals surface area (Å²) in [7, 11) is 0. The Kier molecular flexibility index (Phi) is 7.01. The van der Waals surface area contributed by atoms with Crippen molar-refractivity contribution in [3.63, 3.8) is 0 Å². The number of aromatic nitrogens is 2. The Morgan fingerprint density at radius 3 is 2.12 bits per heavy atom. The number of allylic oxidation sites excluding steroid dienone is 8. The van der Waals surface area contributed by atoms with Gasteiger partial charge in [-0.15, -0.1) is 0 Å². The van der Waals surface area contributed by atoms with Crippen molar-refractivity contribution >= 4 is 43.8 Å². The molecule has 48 heavy (non-hydrogen) atoms. The third-order valence-electron chi connectivity index (χ3n) is 10.1. The molecule has 0 amide bonds. The summed E-state index contributed by atoms with van der Waals surface area (Å²) in [6, 6.07) is 46.2. The van der Waals surface area contributed by atoms with Gasteiger partial charge in [-0.25, -0.2) is 4.98 Å². The van der Waals surface area contributed by atoms with Crippen LogP contribution in [0.1, 0.15) is 36.8 Å². The number of hydrogen-bond donors (Lipinski definition) is 0. The number of benzene rings is 6. The first-order chi connectivity index (χ1) is 23.7. The van der Waals surface area contributed by atoms with Crippen molar-refractivity contribution < 1.29 is 0 Å². The summed E-state index contributed by atoms with van der Waals surface area (Å²) in [5.74, 6) is 1.74. The van der Waals surface area contributed by atoms with Crippen molar-refractivity contribution in [1.82, 2.24) is 9.55 Å². The minimum Gasteiger partial charge on any atom is -0.296 e. The second kappa shape index (κ2) is 11.8. The zero-order valence-electron chi connectivity index (χ0n) is 27.1. The molecule has 230 valence electrons. The lowest BCUT2D eigenvalue weighted by Crippen LogP contribution is -2.06. The molecular weight excluding hydrogens is 581 g/mol. The van der Waals surface area contributed by atoms with Gasteiger partial charge in [0.2, 0.25) is 0 Å². The Hall–Kier alpha value is -5.73. The number of imidazole rings is 1. The molecule has 2 heteroatoms. The molecule has 2 aliphatic rings. The van der Waals surface area contributed by atoms with E-state index in [1.165, 1.54) is 55.1 Å². The molecule has 2 nitrogen and oxygen atoms in total. The van der Waals surface area contributed by atoms with Crippen LogP contribution in [0.15, 0.2) is 164 Å². The second-order valence-electron chi connectivity index (χ2n) is 13.2. The third kappa shape index (κ3) is 4.84. The summed E-state index contributed by atoms with van der Waals surface area (Å²) in [6.07, 6.45) is 15.8. The predicted octanol–water partition coefficient (Wildman–Crippen LogP) is 12.2. The highest BCUT2D eigenvalue weighted by Gasteiger charge is 2.24. The topological polar surface area (TPSA) is 17.8 Å². The Bertz CT molecular complexity index is 2460. The first kappa shape index (κ1) is 28.5. The maximum absolute atomic E-state index is 5.28. The van der Waals surface area contributed by atoms with E-state index < -0.39 is 0 Å². The van der Waals surface area contributed by atoms with Crippen molar-refractivity contribution in [3.8, 4) is 22.5 Å². The van der Waals surface area contributed by atoms with Crippen LogP contribution in [0.5, 0.6) is 0 Å². The van der Waals surface area contributed by atoms with Gasteiger partial charge in [0.1, 0.15) is 5.82 Å². The summed E-state index contributed by atoms with van der Waals surface area (Å²) < 4.78 is 2.39. The summed E-state index contributed by atoms with van der Waals surface area (Å²) in [4.78, 5) is 5.28. The highest BCUT2D eigenvalue weighted by Crippen LogP contribution is 2.46. The maximum Gasteiger partial charge on any atom is 0.145 e. The van der Waals surface area contributed by atoms with Gasteiger partial charge in [-0.2, -0.15) is 0 Å². The van der Waals surface area contributed by atoms with E-state index in [9.17, 15) is 0 Å². The van der Waals surface area contributed by atoms with Gasteiger partial charge in [-0.1, -0.05) is 146 Å². The van der Waals surface area contributed by atoms with Crippen LogP contribution < -0.4 is 0 Å². The quantitative estimate of drug-likeness (QED) is 0.176. The van der Waals surface area contributed by atoms with Gasteiger partial charge in [0.05, 0.1) is 11.0 Å². The van der Waals surface area contributed by atoms with E-state index in [4.69, 9.17) is 4.98 Å². The van der Waals surface area contributed by atoms with Gasteiger partial charge in [-0.05, 0) is 92.4 Å². The summed E-state index contributed by atoms with van der Waals surface area (Å²) in [6.45, 7) is 2.29. The molecule has 0 fully saturated rings. The lowest BCUT2D eigenvalue weighted by Gasteiger charge is -2.24. The van der Waals surface area contributed by atoms with Crippen molar-refractivity contribution in [2.24, 2.45) is 5.92 Å². The summed E-state index contributed by atoms with van der Waals surface area (Å²) >= 11 is 0. The van der Waals surface area contributed by atoms with E-state index in [0.717, 1.165) is 35.3 Å². The van der Waals surface area contributed by atoms with E-state index in [1.807, 2.05) is 0 Å². The molecule has 0 saturated heterocycles. The fourth-order valence-electron chi connectivity index (χ4n) is 7.84. The van der Waals surface area contributed by atoms with Gasteiger partial charge in [0.15, 0.2) is 0 Å². The lowest BCUT2D eigenvalue weighted by molar-refractivity contribution is 0.727. The molecule has 7 aromatic rings. The molecule has 1 heterocycles. The molecule has 2 aliphatic carbocycles. The van der Waals surface area contributed by atoms with E-state index in [2.05, 4.69) is 175 Å². The first-order valence-corrected chi connectivity index (χ1v) is 17.1. The molecule has 0 bridgehead atoms. The van der Waals surface area contributed by atoms with Gasteiger partial charge in [0.25, 0.3) is 0 Å². The molecule has 1 aromatic heterocycles. The van der Waals surface area contributed by atoms with E-state index in [0.29, 0.717) is 5.92 Å². The normalized spacial score (nSPS) is 17.6. The highest BCUT2D eigenvalue weighted by atomic mass is 15.1. The van der Waals surface area contributed by atoms with Crippen molar-refractivity contribution in [2.45, 2.75) is 25.7 Å². The number of fused-ring (bicyclic) bond motifs is 3. The average molecular weight is 617 g/mol. The lowest BCUT2D eigenvalue weighted by atomic mass is 9.80. The maximum atomic E-state index is 5.28. The fourth-order valence-corrected chi connectivity index (χ4v) is 7.84. The number of para-hydroxylation sites is 2. The van der Waals surface area contributed by atoms with Crippen LogP contribution in [0.25, 0.3) is 66.4 Å². The zero-order valence-corrected chi connectivity index (χ0v) is 27.1. The summed E-state index contributed by atoms with van der Waals surface area (Å²) in [5.41, 5.74) is 11.1. The van der Waals surface area contributed by atoms with Gasteiger partial charge in [0, 0.05) is 17.2 Å². The largest absolute Gasteiger partial charge is 0.296 e. The Balaban J connectivity index is 1.29. The molecule has 0 saturated carbocycles. The van der Waals surface area contributed by atoms with E-state index >= 15 is 0 Å². The SMILES string of the molecule is CC1C=CC=C(n2c(-c3ccc4c(C5C=CC(c6ccccc6)=CC5)c5ccccc5c(-c5ccccc5)c4c3)nc3ccccc32)C1. The molecule has 2 unspecified atom stereocenters. The van der Waals surface area contributed by atoms with Crippen LogP contribution in [0.4, 0.5) is 0 Å². The number of hydrogen-bond acceptors (Lipinski definition) is 1. The number of nitrogens with zero attached hydrogens (tertiary/aromatic N) is 2. The predicted molar refractivity (Wildman–Crippen MR) is 204 cm³/mol. The second-order valence-corrected chi connectivity index (χ2v) is 13.2. The number of rotatable bonds is 5. The standard InChI is InChI=1S/C46H36N2/c1-31-13-12-18-37(29-31)48-43-22-11-10-21-42(43)47-46(48)36-27-28-40-41(30-36)45(34-16-6-3-7-17-34)39-20-9-8-19-38(39)44(40)35-25-23-33(24-26-35)32-14-4-2-5-15-32/h2-25,27-28,30-31,35H,26,29H2,1H3. The monoisotopic (exact) mass is 616 g/mol. The molecule has 0 radical (unpaired) electrons. The van der Waals surface area contributed by atoms with Crippen LogP contribution in [0.2, 0.25) is 0 Å². The van der Waals surface area contributed by atoms with Gasteiger partial charge < -0.3 is 0 Å². The smallest absolute Gasteiger partial charge is 0.145 e. The molecule has 9 rings (SSSR count). The van der Waals surface area contributed by atoms with Crippen molar-refractivity contribution in [3.05, 3.63) is 175 Å². The van der Waals surface area contributed by atoms with Crippen LogP contribution in [-0.4, -0.2) is 9.55 Å². The van der Waals surface area contributed by atoms with E-state index in [-0.39, 0.29) is 5.92 Å². The molecule has 0 N–H and O–H groups in total. The zero-order chi connectivity index (χ0) is 32.0. The van der Waals surface area contributed by atoms with Gasteiger partial charge >= 0.3 is 0 Å². The van der Waals surface area contributed by atoms with Crippen LogP contribution in [0, 0.1) is 5.92 Å². The third-order valence-corrected chi connectivity index (χ3v) is 10.1. The van der Waals surface area contributed by atoms with Crippen LogP contribution in [0.3, 0.4) is 0 Å². The Morgan fingerprint density at radius 1 is 0.646 bits per heavy atom. The summed E-state index contributed by atoms with van der Waals surface area (Å²) in [5, 5.41) is 5.18. The van der Waals surface area contributed by atoms with Crippen LogP contribution in [-0.2, 0) is 0 Å². The minimum absolute atomic E-state index is 0.269. The molecular formula is C46H36N2. The molecule has 0 aliphatic heterocycles. The average Bonchev–Trinajstić information content (AvgIpc) is 3.54. The van der Waals surface area contributed by atoms with Crippen molar-refractivity contribution in [2.75, 3.05) is 0 Å². The fraction of sp³-hybridized carbons (Fsp3) is 0.109.